The molecular formula is C21H26N2O5S. The van der Waals surface area contributed by atoms with Crippen molar-refractivity contribution in [1.82, 2.24) is 4.31 Å². The molecule has 0 radical (unpaired) electrons. The molecule has 156 valence electrons. The predicted octanol–water partition coefficient (Wildman–Crippen LogP) is 3.16. The largest absolute Gasteiger partial charge is 0.497 e. The quantitative estimate of drug-likeness (QED) is 0.720. The third-order valence-electron chi connectivity index (χ3n) is 5.11. The molecule has 1 saturated heterocycles. The molecule has 1 aliphatic heterocycles. The van der Waals surface area contributed by atoms with Crippen molar-refractivity contribution in [1.29, 1.82) is 0 Å². The number of methoxy groups -OCH3 is 2. The van der Waals surface area contributed by atoms with E-state index < -0.39 is 10.0 Å². The maximum Gasteiger partial charge on any atom is 0.258 e. The zero-order chi connectivity index (χ0) is 21.0. The molecule has 0 unspecified atom stereocenters. The first-order chi connectivity index (χ1) is 13.9. The van der Waals surface area contributed by atoms with Crippen LogP contribution in [-0.2, 0) is 10.0 Å². The van der Waals surface area contributed by atoms with Gasteiger partial charge in [0.25, 0.3) is 5.91 Å². The van der Waals surface area contributed by atoms with E-state index in [1.54, 1.807) is 44.5 Å². The summed E-state index contributed by atoms with van der Waals surface area (Å²) in [6.07, 6.45) is 2.69. The number of hydrogen-bond donors (Lipinski definition) is 0. The highest BCUT2D eigenvalue weighted by molar-refractivity contribution is 7.89. The average Bonchev–Trinajstić information content (AvgIpc) is 2.78. The maximum atomic E-state index is 13.2. The summed E-state index contributed by atoms with van der Waals surface area (Å²) in [7, 11) is 0.908. The Morgan fingerprint density at radius 3 is 2.21 bits per heavy atom. The Bertz CT molecular complexity index is 967. The molecule has 0 aromatic heterocycles. The maximum absolute atomic E-state index is 13.2. The number of amides is 1. The predicted molar refractivity (Wildman–Crippen MR) is 111 cm³/mol. The molecule has 3 rings (SSSR count). The smallest absolute Gasteiger partial charge is 0.258 e. The number of hydrogen-bond acceptors (Lipinski definition) is 5. The van der Waals surface area contributed by atoms with E-state index in [1.807, 2.05) is 0 Å². The molecule has 1 heterocycles. The summed E-state index contributed by atoms with van der Waals surface area (Å²) < 4.78 is 38.2. The van der Waals surface area contributed by atoms with Gasteiger partial charge in [0, 0.05) is 31.4 Å². The van der Waals surface area contributed by atoms with Gasteiger partial charge in [0.05, 0.1) is 14.2 Å². The number of carbonyl (C=O) groups excluding carboxylic acids is 1. The van der Waals surface area contributed by atoms with Gasteiger partial charge in [-0.25, -0.2) is 8.42 Å². The van der Waals surface area contributed by atoms with E-state index in [4.69, 9.17) is 9.47 Å². The number of piperidine rings is 1. The second-order valence-corrected chi connectivity index (χ2v) is 8.80. The summed E-state index contributed by atoms with van der Waals surface area (Å²) in [6, 6.07) is 11.6. The lowest BCUT2D eigenvalue weighted by molar-refractivity contribution is 0.0992. The Hall–Kier alpha value is -2.58. The molecule has 0 spiro atoms. The van der Waals surface area contributed by atoms with Gasteiger partial charge in [-0.05, 0) is 55.3 Å². The fraction of sp³-hybridized carbons (Fsp3) is 0.381. The van der Waals surface area contributed by atoms with Gasteiger partial charge >= 0.3 is 0 Å². The van der Waals surface area contributed by atoms with E-state index >= 15 is 0 Å². The van der Waals surface area contributed by atoms with Gasteiger partial charge < -0.3 is 14.4 Å². The highest BCUT2D eigenvalue weighted by atomic mass is 32.2. The minimum absolute atomic E-state index is 0.0240. The molecule has 7 nitrogen and oxygen atoms in total. The molecule has 0 bridgehead atoms. The van der Waals surface area contributed by atoms with Crippen molar-refractivity contribution in [2.75, 3.05) is 39.3 Å². The van der Waals surface area contributed by atoms with E-state index in [2.05, 4.69) is 0 Å². The van der Waals surface area contributed by atoms with Crippen LogP contribution in [0.3, 0.4) is 0 Å². The second kappa shape index (κ2) is 8.84. The lowest BCUT2D eigenvalue weighted by Gasteiger charge is -2.27. The van der Waals surface area contributed by atoms with E-state index in [0.717, 1.165) is 19.3 Å². The number of sulfonamides is 1. The molecule has 8 heteroatoms. The Balaban J connectivity index is 1.93. The standard InChI is InChI=1S/C21H26N2O5S/c1-22(17-8-10-18(27-2)11-9-17)21(24)16-7-12-19(28-3)20(15-16)29(25,26)23-13-5-4-6-14-23/h7-12,15H,4-6,13-14H2,1-3H3. The lowest BCUT2D eigenvalue weighted by atomic mass is 10.1. The van der Waals surface area contributed by atoms with Crippen LogP contribution in [0.5, 0.6) is 11.5 Å². The Kier molecular flexibility index (Phi) is 6.44. The summed E-state index contributed by atoms with van der Waals surface area (Å²) in [4.78, 5) is 14.5. The Morgan fingerprint density at radius 1 is 0.966 bits per heavy atom. The van der Waals surface area contributed by atoms with Crippen molar-refractivity contribution in [2.45, 2.75) is 24.2 Å². The molecule has 0 aliphatic carbocycles. The molecule has 2 aromatic rings. The first-order valence-corrected chi connectivity index (χ1v) is 10.9. The van der Waals surface area contributed by atoms with Crippen molar-refractivity contribution in [3.8, 4) is 11.5 Å². The molecule has 0 atom stereocenters. The monoisotopic (exact) mass is 418 g/mol. The summed E-state index contributed by atoms with van der Waals surface area (Å²) >= 11 is 0. The first kappa shape index (κ1) is 21.1. The minimum atomic E-state index is -3.74. The van der Waals surface area contributed by atoms with Gasteiger partial charge in [-0.15, -0.1) is 0 Å². The summed E-state index contributed by atoms with van der Waals surface area (Å²) in [6.45, 7) is 0.963. The summed E-state index contributed by atoms with van der Waals surface area (Å²) in [5.41, 5.74) is 0.951. The van der Waals surface area contributed by atoms with Crippen molar-refractivity contribution in [3.63, 3.8) is 0 Å². The SMILES string of the molecule is COc1ccc(N(C)C(=O)c2ccc(OC)c(S(=O)(=O)N3CCCCC3)c2)cc1. The van der Waals surface area contributed by atoms with Gasteiger partial charge in [0.15, 0.2) is 0 Å². The van der Waals surface area contributed by atoms with Crippen LogP contribution in [0, 0.1) is 0 Å². The molecule has 29 heavy (non-hydrogen) atoms. The van der Waals surface area contributed by atoms with E-state index in [1.165, 1.54) is 28.4 Å². The molecule has 1 amide bonds. The van der Waals surface area contributed by atoms with Gasteiger partial charge in [-0.3, -0.25) is 4.79 Å². The zero-order valence-corrected chi connectivity index (χ0v) is 17.7. The molecule has 0 N–H and O–H groups in total. The van der Waals surface area contributed by atoms with Crippen LogP contribution in [0.4, 0.5) is 5.69 Å². The van der Waals surface area contributed by atoms with E-state index in [0.29, 0.717) is 24.5 Å². The van der Waals surface area contributed by atoms with Crippen molar-refractivity contribution in [3.05, 3.63) is 48.0 Å². The van der Waals surface area contributed by atoms with Crippen LogP contribution < -0.4 is 14.4 Å². The van der Waals surface area contributed by atoms with Gasteiger partial charge in [-0.2, -0.15) is 4.31 Å². The van der Waals surface area contributed by atoms with Crippen molar-refractivity contribution >= 4 is 21.6 Å². The number of carbonyl (C=O) groups is 1. The highest BCUT2D eigenvalue weighted by Gasteiger charge is 2.30. The summed E-state index contributed by atoms with van der Waals surface area (Å²) in [5, 5.41) is 0. The van der Waals surface area contributed by atoms with Crippen LogP contribution in [0.15, 0.2) is 47.4 Å². The number of anilines is 1. The zero-order valence-electron chi connectivity index (χ0n) is 16.9. The number of rotatable bonds is 6. The third kappa shape index (κ3) is 4.38. The van der Waals surface area contributed by atoms with E-state index in [-0.39, 0.29) is 22.1 Å². The van der Waals surface area contributed by atoms with Crippen LogP contribution in [0.2, 0.25) is 0 Å². The van der Waals surface area contributed by atoms with E-state index in [9.17, 15) is 13.2 Å². The third-order valence-corrected chi connectivity index (χ3v) is 7.03. The molecular weight excluding hydrogens is 392 g/mol. The molecule has 1 aliphatic rings. The minimum Gasteiger partial charge on any atom is -0.497 e. The average molecular weight is 419 g/mol. The topological polar surface area (TPSA) is 76.1 Å². The van der Waals surface area contributed by atoms with Gasteiger partial charge in [-0.1, -0.05) is 6.42 Å². The van der Waals surface area contributed by atoms with Crippen LogP contribution >= 0.6 is 0 Å². The Morgan fingerprint density at radius 2 is 1.62 bits per heavy atom. The number of benzene rings is 2. The highest BCUT2D eigenvalue weighted by Crippen LogP contribution is 2.30. The first-order valence-electron chi connectivity index (χ1n) is 9.49. The van der Waals surface area contributed by atoms with Crippen molar-refractivity contribution < 1.29 is 22.7 Å². The van der Waals surface area contributed by atoms with Crippen LogP contribution in [0.1, 0.15) is 29.6 Å². The Labute approximate surface area is 171 Å². The van der Waals surface area contributed by atoms with Crippen molar-refractivity contribution in [2.24, 2.45) is 0 Å². The lowest BCUT2D eigenvalue weighted by Crippen LogP contribution is -2.36. The fourth-order valence-electron chi connectivity index (χ4n) is 3.37. The summed E-state index contributed by atoms with van der Waals surface area (Å²) in [5.74, 6) is 0.612. The molecule has 0 saturated carbocycles. The number of ether oxygens (including phenoxy) is 2. The fourth-order valence-corrected chi connectivity index (χ4v) is 5.07. The van der Waals surface area contributed by atoms with Crippen LogP contribution in [0.25, 0.3) is 0 Å². The van der Waals surface area contributed by atoms with Gasteiger partial charge in [0.2, 0.25) is 10.0 Å². The van der Waals surface area contributed by atoms with Gasteiger partial charge in [0.1, 0.15) is 16.4 Å². The number of nitrogens with zero attached hydrogens (tertiary/aromatic N) is 2. The second-order valence-electron chi connectivity index (χ2n) is 6.89. The normalized spacial score (nSPS) is 15.0. The molecule has 2 aromatic carbocycles. The van der Waals surface area contributed by atoms with Crippen LogP contribution in [-0.4, -0.2) is 53.0 Å². The molecule has 1 fully saturated rings.